The van der Waals surface area contributed by atoms with Crippen LogP contribution in [-0.4, -0.2) is 19.5 Å². The molecule has 0 bridgehead atoms. The SMILES string of the molecule is Cc1cn(-c2cc(COc3ccc(N)nc3C)ccn2)cn1. The summed E-state index contributed by atoms with van der Waals surface area (Å²) < 4.78 is 7.69. The third-order valence-electron chi connectivity index (χ3n) is 3.24. The van der Waals surface area contributed by atoms with Gasteiger partial charge in [-0.2, -0.15) is 0 Å². The van der Waals surface area contributed by atoms with Crippen LogP contribution in [0, 0.1) is 13.8 Å². The Bertz CT molecular complexity index is 797. The Hall–Kier alpha value is -2.89. The Labute approximate surface area is 128 Å². The predicted octanol–water partition coefficient (Wildman–Crippen LogP) is 2.44. The van der Waals surface area contributed by atoms with Crippen molar-refractivity contribution in [3.63, 3.8) is 0 Å². The lowest BCUT2D eigenvalue weighted by Gasteiger charge is -2.10. The van der Waals surface area contributed by atoms with E-state index in [-0.39, 0.29) is 0 Å². The highest BCUT2D eigenvalue weighted by molar-refractivity contribution is 5.37. The molecule has 3 rings (SSSR count). The van der Waals surface area contributed by atoms with Crippen LogP contribution in [-0.2, 0) is 6.61 Å². The highest BCUT2D eigenvalue weighted by Gasteiger charge is 2.04. The van der Waals surface area contributed by atoms with Crippen molar-refractivity contribution in [1.29, 1.82) is 0 Å². The van der Waals surface area contributed by atoms with Gasteiger partial charge in [-0.15, -0.1) is 0 Å². The van der Waals surface area contributed by atoms with Gasteiger partial charge in [0.2, 0.25) is 0 Å². The number of hydrogen-bond donors (Lipinski definition) is 1. The van der Waals surface area contributed by atoms with E-state index in [1.807, 2.05) is 42.8 Å². The van der Waals surface area contributed by atoms with Crippen molar-refractivity contribution in [2.75, 3.05) is 5.73 Å². The smallest absolute Gasteiger partial charge is 0.141 e. The number of anilines is 1. The number of imidazole rings is 1. The van der Waals surface area contributed by atoms with Gasteiger partial charge in [-0.05, 0) is 43.7 Å². The minimum absolute atomic E-state index is 0.440. The maximum Gasteiger partial charge on any atom is 0.141 e. The minimum atomic E-state index is 0.440. The Morgan fingerprint density at radius 1 is 1.18 bits per heavy atom. The van der Waals surface area contributed by atoms with E-state index in [9.17, 15) is 0 Å². The van der Waals surface area contributed by atoms with Gasteiger partial charge in [-0.3, -0.25) is 4.57 Å². The van der Waals surface area contributed by atoms with E-state index >= 15 is 0 Å². The molecule has 0 spiro atoms. The fourth-order valence-corrected chi connectivity index (χ4v) is 2.12. The molecule has 0 saturated heterocycles. The lowest BCUT2D eigenvalue weighted by atomic mass is 10.2. The maximum atomic E-state index is 5.80. The summed E-state index contributed by atoms with van der Waals surface area (Å²) >= 11 is 0. The van der Waals surface area contributed by atoms with Crippen molar-refractivity contribution >= 4 is 5.82 Å². The average Bonchev–Trinajstić information content (AvgIpc) is 2.93. The summed E-state index contributed by atoms with van der Waals surface area (Å²) in [6, 6.07) is 7.46. The molecule has 3 aromatic rings. The molecule has 0 atom stereocenters. The predicted molar refractivity (Wildman–Crippen MR) is 83.8 cm³/mol. The Kier molecular flexibility index (Phi) is 3.74. The molecule has 0 unspecified atom stereocenters. The first kappa shape index (κ1) is 14.1. The molecular weight excluding hydrogens is 278 g/mol. The van der Waals surface area contributed by atoms with Crippen molar-refractivity contribution in [2.45, 2.75) is 20.5 Å². The summed E-state index contributed by atoms with van der Waals surface area (Å²) in [5, 5.41) is 0. The third-order valence-corrected chi connectivity index (χ3v) is 3.24. The van der Waals surface area contributed by atoms with Crippen LogP contribution in [0.3, 0.4) is 0 Å². The molecule has 0 aliphatic rings. The second kappa shape index (κ2) is 5.85. The van der Waals surface area contributed by atoms with Crippen molar-refractivity contribution in [3.8, 4) is 11.6 Å². The number of pyridine rings is 2. The fourth-order valence-electron chi connectivity index (χ4n) is 2.12. The van der Waals surface area contributed by atoms with Crippen molar-refractivity contribution in [1.82, 2.24) is 19.5 Å². The molecule has 0 fully saturated rings. The number of rotatable bonds is 4. The van der Waals surface area contributed by atoms with Crippen LogP contribution in [0.2, 0.25) is 0 Å². The maximum absolute atomic E-state index is 5.80. The second-order valence-corrected chi connectivity index (χ2v) is 5.05. The fraction of sp³-hybridized carbons (Fsp3) is 0.188. The van der Waals surface area contributed by atoms with E-state index in [0.717, 1.165) is 28.5 Å². The van der Waals surface area contributed by atoms with Crippen LogP contribution in [0.4, 0.5) is 5.82 Å². The molecule has 22 heavy (non-hydrogen) atoms. The topological polar surface area (TPSA) is 78.9 Å². The number of ether oxygens (including phenoxy) is 1. The van der Waals surface area contributed by atoms with Crippen LogP contribution in [0.15, 0.2) is 43.0 Å². The Morgan fingerprint density at radius 3 is 2.77 bits per heavy atom. The van der Waals surface area contributed by atoms with Crippen LogP contribution in [0.5, 0.6) is 5.75 Å². The Balaban J connectivity index is 1.75. The molecule has 0 aromatic carbocycles. The van der Waals surface area contributed by atoms with Crippen molar-refractivity contribution in [2.24, 2.45) is 0 Å². The zero-order valence-electron chi connectivity index (χ0n) is 12.5. The quantitative estimate of drug-likeness (QED) is 0.799. The first-order valence-electron chi connectivity index (χ1n) is 6.93. The van der Waals surface area contributed by atoms with Crippen LogP contribution < -0.4 is 10.5 Å². The molecule has 3 heterocycles. The molecule has 0 amide bonds. The molecule has 3 aromatic heterocycles. The van der Waals surface area contributed by atoms with E-state index in [4.69, 9.17) is 10.5 Å². The highest BCUT2D eigenvalue weighted by Crippen LogP contribution is 2.18. The van der Waals surface area contributed by atoms with Gasteiger partial charge in [-0.1, -0.05) is 0 Å². The van der Waals surface area contributed by atoms with Gasteiger partial charge in [0.1, 0.15) is 30.3 Å². The molecule has 6 heteroatoms. The molecule has 0 saturated carbocycles. The number of nitrogens with two attached hydrogens (primary N) is 1. The first-order chi connectivity index (χ1) is 10.6. The van der Waals surface area contributed by atoms with E-state index < -0.39 is 0 Å². The van der Waals surface area contributed by atoms with Gasteiger partial charge >= 0.3 is 0 Å². The van der Waals surface area contributed by atoms with Gasteiger partial charge in [0.15, 0.2) is 0 Å². The highest BCUT2D eigenvalue weighted by atomic mass is 16.5. The van der Waals surface area contributed by atoms with Gasteiger partial charge in [0, 0.05) is 12.4 Å². The number of nitrogen functional groups attached to an aromatic ring is 1. The summed E-state index contributed by atoms with van der Waals surface area (Å²) in [6.45, 7) is 4.26. The first-order valence-corrected chi connectivity index (χ1v) is 6.93. The Morgan fingerprint density at radius 2 is 2.05 bits per heavy atom. The van der Waals surface area contributed by atoms with Crippen LogP contribution in [0.1, 0.15) is 17.0 Å². The van der Waals surface area contributed by atoms with Gasteiger partial charge < -0.3 is 10.5 Å². The lowest BCUT2D eigenvalue weighted by molar-refractivity contribution is 0.302. The zero-order chi connectivity index (χ0) is 15.5. The summed E-state index contributed by atoms with van der Waals surface area (Å²) in [5.74, 6) is 2.03. The van der Waals surface area contributed by atoms with Crippen LogP contribution in [0.25, 0.3) is 5.82 Å². The summed E-state index contributed by atoms with van der Waals surface area (Å²) in [5.41, 5.74) is 8.39. The van der Waals surface area contributed by atoms with Gasteiger partial charge in [-0.25, -0.2) is 15.0 Å². The zero-order valence-corrected chi connectivity index (χ0v) is 12.5. The molecule has 0 aliphatic carbocycles. The van der Waals surface area contributed by atoms with E-state index in [0.29, 0.717) is 12.4 Å². The third kappa shape index (κ3) is 3.06. The summed E-state index contributed by atoms with van der Waals surface area (Å²) in [6.07, 6.45) is 5.44. The van der Waals surface area contributed by atoms with Crippen molar-refractivity contribution < 1.29 is 4.74 Å². The van der Waals surface area contributed by atoms with Gasteiger partial charge in [0.25, 0.3) is 0 Å². The van der Waals surface area contributed by atoms with Gasteiger partial charge in [0.05, 0.1) is 11.4 Å². The normalized spacial score (nSPS) is 10.6. The number of hydrogen-bond acceptors (Lipinski definition) is 5. The average molecular weight is 295 g/mol. The molecule has 0 radical (unpaired) electrons. The molecule has 6 nitrogen and oxygen atoms in total. The van der Waals surface area contributed by atoms with Crippen molar-refractivity contribution in [3.05, 3.63) is 59.9 Å². The number of aromatic nitrogens is 4. The molecular formula is C16H17N5O. The van der Waals surface area contributed by atoms with E-state index in [1.165, 1.54) is 0 Å². The number of aryl methyl sites for hydroxylation is 2. The molecule has 112 valence electrons. The molecule has 0 aliphatic heterocycles. The molecule has 2 N–H and O–H groups in total. The lowest BCUT2D eigenvalue weighted by Crippen LogP contribution is -2.02. The summed E-state index contributed by atoms with van der Waals surface area (Å²) in [7, 11) is 0. The minimum Gasteiger partial charge on any atom is -0.487 e. The largest absolute Gasteiger partial charge is 0.487 e. The monoisotopic (exact) mass is 295 g/mol. The second-order valence-electron chi connectivity index (χ2n) is 5.05. The van der Waals surface area contributed by atoms with E-state index in [1.54, 1.807) is 18.6 Å². The van der Waals surface area contributed by atoms with Crippen LogP contribution >= 0.6 is 0 Å². The summed E-state index contributed by atoms with van der Waals surface area (Å²) in [4.78, 5) is 12.7. The van der Waals surface area contributed by atoms with E-state index in [2.05, 4.69) is 15.0 Å². The standard InChI is InChI=1S/C16H17N5O/c1-11-8-21(10-19-11)16-7-13(5-6-18-16)9-22-14-3-4-15(17)20-12(14)2/h3-8,10H,9H2,1-2H3,(H2,17,20). The number of nitrogens with zero attached hydrogens (tertiary/aromatic N) is 4.